The van der Waals surface area contributed by atoms with Gasteiger partial charge in [0, 0.05) is 13.1 Å². The zero-order chi connectivity index (χ0) is 15.3. The van der Waals surface area contributed by atoms with Crippen LogP contribution in [-0.4, -0.2) is 43.5 Å². The number of hydrogen-bond acceptors (Lipinski definition) is 3. The van der Waals surface area contributed by atoms with Crippen LogP contribution < -0.4 is 10.6 Å². The van der Waals surface area contributed by atoms with Gasteiger partial charge in [-0.2, -0.15) is 13.2 Å². The lowest BCUT2D eigenvalue weighted by Crippen LogP contribution is -2.36. The predicted molar refractivity (Wildman–Crippen MR) is 81.2 cm³/mol. The van der Waals surface area contributed by atoms with Crippen LogP contribution in [0.2, 0.25) is 0 Å². The van der Waals surface area contributed by atoms with Gasteiger partial charge in [-0.25, -0.2) is 0 Å². The summed E-state index contributed by atoms with van der Waals surface area (Å²) in [5, 5.41) is 5.57. The molecular weight excluding hydrogens is 319 g/mol. The molecule has 0 atom stereocenters. The second kappa shape index (κ2) is 8.36. The molecule has 1 heterocycles. The smallest absolute Gasteiger partial charge is 0.324 e. The van der Waals surface area contributed by atoms with E-state index in [1.54, 1.807) is 0 Å². The van der Waals surface area contributed by atoms with E-state index in [1.807, 2.05) is 4.90 Å². The highest BCUT2D eigenvalue weighted by Crippen LogP contribution is 2.34. The summed E-state index contributed by atoms with van der Waals surface area (Å²) in [5.74, 6) is -0.423. The maximum absolute atomic E-state index is 12.8. The zero-order valence-corrected chi connectivity index (χ0v) is 12.8. The summed E-state index contributed by atoms with van der Waals surface area (Å²) in [6.07, 6.45) is -3.55. The van der Waals surface area contributed by atoms with Gasteiger partial charge in [0.15, 0.2) is 0 Å². The number of halogens is 4. The van der Waals surface area contributed by atoms with Gasteiger partial charge in [0.25, 0.3) is 0 Å². The Hall–Kier alpha value is -1.31. The van der Waals surface area contributed by atoms with Crippen molar-refractivity contribution in [3.63, 3.8) is 0 Å². The van der Waals surface area contributed by atoms with E-state index in [0.29, 0.717) is 6.54 Å². The Balaban J connectivity index is 0.00000242. The van der Waals surface area contributed by atoms with Crippen LogP contribution in [0.25, 0.3) is 0 Å². The lowest BCUT2D eigenvalue weighted by Gasteiger charge is -2.19. The van der Waals surface area contributed by atoms with Crippen LogP contribution in [0, 0.1) is 0 Å². The Labute approximate surface area is 133 Å². The second-order valence-electron chi connectivity index (χ2n) is 4.97. The Morgan fingerprint density at radius 3 is 2.68 bits per heavy atom. The Morgan fingerprint density at radius 1 is 1.23 bits per heavy atom. The molecule has 0 spiro atoms. The number of nitrogens with zero attached hydrogens (tertiary/aromatic N) is 1. The molecule has 1 aromatic rings. The topological polar surface area (TPSA) is 44.4 Å². The molecule has 124 valence electrons. The molecule has 1 aliphatic rings. The third-order valence-corrected chi connectivity index (χ3v) is 3.31. The van der Waals surface area contributed by atoms with Crippen molar-refractivity contribution in [2.24, 2.45) is 0 Å². The monoisotopic (exact) mass is 337 g/mol. The molecule has 2 rings (SSSR count). The van der Waals surface area contributed by atoms with Crippen LogP contribution in [0.5, 0.6) is 0 Å². The van der Waals surface area contributed by atoms with Crippen molar-refractivity contribution in [2.75, 3.05) is 38.0 Å². The number of benzene rings is 1. The van der Waals surface area contributed by atoms with E-state index in [4.69, 9.17) is 0 Å². The number of carbonyl (C=O) groups excluding carboxylic acids is 1. The fraction of sp³-hybridized carbons (Fsp3) is 0.500. The molecule has 4 nitrogen and oxygen atoms in total. The third kappa shape index (κ3) is 5.47. The van der Waals surface area contributed by atoms with Crippen molar-refractivity contribution in [1.82, 2.24) is 10.2 Å². The number of rotatable bonds is 3. The van der Waals surface area contributed by atoms with Gasteiger partial charge in [0.2, 0.25) is 5.91 Å². The first-order valence-electron chi connectivity index (χ1n) is 6.86. The summed E-state index contributed by atoms with van der Waals surface area (Å²) in [4.78, 5) is 13.9. The molecule has 0 unspecified atom stereocenters. The van der Waals surface area contributed by atoms with Gasteiger partial charge in [-0.05, 0) is 31.6 Å². The van der Waals surface area contributed by atoms with Gasteiger partial charge in [0.05, 0.1) is 17.8 Å². The van der Waals surface area contributed by atoms with E-state index < -0.39 is 17.6 Å². The van der Waals surface area contributed by atoms with Gasteiger partial charge in [-0.15, -0.1) is 12.4 Å². The van der Waals surface area contributed by atoms with Crippen LogP contribution in [0.4, 0.5) is 18.9 Å². The normalized spacial score (nSPS) is 16.5. The van der Waals surface area contributed by atoms with Crippen molar-refractivity contribution >= 4 is 24.0 Å². The third-order valence-electron chi connectivity index (χ3n) is 3.31. The molecule has 22 heavy (non-hydrogen) atoms. The van der Waals surface area contributed by atoms with E-state index in [9.17, 15) is 18.0 Å². The van der Waals surface area contributed by atoms with E-state index in [2.05, 4.69) is 10.6 Å². The van der Waals surface area contributed by atoms with Gasteiger partial charge in [-0.3, -0.25) is 9.69 Å². The first-order valence-corrected chi connectivity index (χ1v) is 6.86. The molecule has 1 saturated heterocycles. The fourth-order valence-corrected chi connectivity index (χ4v) is 2.29. The van der Waals surface area contributed by atoms with Crippen LogP contribution in [-0.2, 0) is 11.0 Å². The average Bonchev–Trinajstić information content (AvgIpc) is 2.66. The van der Waals surface area contributed by atoms with Crippen molar-refractivity contribution in [3.8, 4) is 0 Å². The van der Waals surface area contributed by atoms with Crippen molar-refractivity contribution in [3.05, 3.63) is 29.8 Å². The molecule has 1 fully saturated rings. The summed E-state index contributed by atoms with van der Waals surface area (Å²) < 4.78 is 38.5. The first-order chi connectivity index (χ1) is 9.97. The molecule has 0 aliphatic carbocycles. The molecule has 1 aromatic carbocycles. The van der Waals surface area contributed by atoms with Gasteiger partial charge in [0.1, 0.15) is 0 Å². The zero-order valence-electron chi connectivity index (χ0n) is 11.9. The number of para-hydroxylation sites is 1. The highest BCUT2D eigenvalue weighted by atomic mass is 35.5. The quantitative estimate of drug-likeness (QED) is 0.890. The van der Waals surface area contributed by atoms with Crippen LogP contribution >= 0.6 is 12.4 Å². The van der Waals surface area contributed by atoms with Gasteiger partial charge >= 0.3 is 6.18 Å². The summed E-state index contributed by atoms with van der Waals surface area (Å²) in [7, 11) is 0. The average molecular weight is 338 g/mol. The molecule has 0 aromatic heterocycles. The standard InChI is InChI=1S/C14H18F3N3O.ClH/c15-14(16,17)11-4-1-2-5-12(11)19-13(21)10-20-8-3-6-18-7-9-20;/h1-2,4-5,18H,3,6-10H2,(H,19,21);1H. The minimum Gasteiger partial charge on any atom is -0.324 e. The molecule has 8 heteroatoms. The molecule has 2 N–H and O–H groups in total. The largest absolute Gasteiger partial charge is 0.418 e. The molecule has 0 saturated carbocycles. The molecule has 1 aliphatic heterocycles. The van der Waals surface area contributed by atoms with Gasteiger partial charge in [-0.1, -0.05) is 12.1 Å². The Morgan fingerprint density at radius 2 is 1.95 bits per heavy atom. The molecule has 0 bridgehead atoms. The lowest BCUT2D eigenvalue weighted by molar-refractivity contribution is -0.137. The SMILES string of the molecule is Cl.O=C(CN1CCCNCC1)Nc1ccccc1C(F)(F)F. The Bertz CT molecular complexity index is 488. The van der Waals surface area contributed by atoms with E-state index in [0.717, 1.165) is 32.1 Å². The number of alkyl halides is 3. The van der Waals surface area contributed by atoms with Crippen LogP contribution in [0.15, 0.2) is 24.3 Å². The van der Waals surface area contributed by atoms with E-state index in [1.165, 1.54) is 18.2 Å². The van der Waals surface area contributed by atoms with Crippen molar-refractivity contribution in [1.29, 1.82) is 0 Å². The summed E-state index contributed by atoms with van der Waals surface area (Å²) in [6, 6.07) is 5.01. The highest BCUT2D eigenvalue weighted by Gasteiger charge is 2.33. The molecule has 1 amide bonds. The van der Waals surface area contributed by atoms with E-state index >= 15 is 0 Å². The number of nitrogens with one attached hydrogen (secondary N) is 2. The highest BCUT2D eigenvalue weighted by molar-refractivity contribution is 5.93. The number of hydrogen-bond donors (Lipinski definition) is 2. The minimum absolute atomic E-state index is 0. The fourth-order valence-electron chi connectivity index (χ4n) is 2.29. The maximum Gasteiger partial charge on any atom is 0.418 e. The lowest BCUT2D eigenvalue weighted by atomic mass is 10.1. The Kier molecular flexibility index (Phi) is 7.12. The van der Waals surface area contributed by atoms with E-state index in [-0.39, 0.29) is 24.6 Å². The summed E-state index contributed by atoms with van der Waals surface area (Å²) in [6.45, 7) is 3.27. The van der Waals surface area contributed by atoms with Crippen molar-refractivity contribution < 1.29 is 18.0 Å². The van der Waals surface area contributed by atoms with Gasteiger partial charge < -0.3 is 10.6 Å². The number of anilines is 1. The minimum atomic E-state index is -4.48. The summed E-state index contributed by atoms with van der Waals surface area (Å²) >= 11 is 0. The van der Waals surface area contributed by atoms with Crippen molar-refractivity contribution in [2.45, 2.75) is 12.6 Å². The second-order valence-corrected chi connectivity index (χ2v) is 4.97. The van der Waals surface area contributed by atoms with Crippen LogP contribution in [0.1, 0.15) is 12.0 Å². The maximum atomic E-state index is 12.8. The van der Waals surface area contributed by atoms with Crippen LogP contribution in [0.3, 0.4) is 0 Å². The summed E-state index contributed by atoms with van der Waals surface area (Å²) in [5.41, 5.74) is -1.01. The number of amides is 1. The number of carbonyl (C=O) groups is 1. The molecular formula is C14H19ClF3N3O. The first kappa shape index (κ1) is 18.7. The molecule has 0 radical (unpaired) electrons. The predicted octanol–water partition coefficient (Wildman–Crippen LogP) is 2.36.